The van der Waals surface area contributed by atoms with Gasteiger partial charge in [0.2, 0.25) is 0 Å². The van der Waals surface area contributed by atoms with Crippen LogP contribution in [0.2, 0.25) is 0 Å². The Morgan fingerprint density at radius 2 is 1.95 bits per heavy atom. The molecular formula is C12H21ClN4O2S. The Kier molecular flexibility index (Phi) is 5.88. The van der Waals surface area contributed by atoms with Crippen LogP contribution in [0.1, 0.15) is 24.2 Å². The van der Waals surface area contributed by atoms with Crippen LogP contribution in [0.15, 0.2) is 11.2 Å². The lowest BCUT2D eigenvalue weighted by molar-refractivity contribution is 0.270. The molecule has 1 saturated heterocycles. The molecule has 1 aromatic heterocycles. The Balaban J connectivity index is 0.00000200. The summed E-state index contributed by atoms with van der Waals surface area (Å²) in [6, 6.07) is 1.76. The third-order valence-electron chi connectivity index (χ3n) is 3.35. The van der Waals surface area contributed by atoms with Gasteiger partial charge >= 0.3 is 0 Å². The highest BCUT2D eigenvalue weighted by Gasteiger charge is 2.31. The SMILES string of the molecule is Cc1cc(C)nc(S(=O)(=O)N2CCCC(CN)C2)n1.Cl. The number of aromatic nitrogens is 2. The molecule has 1 aromatic rings. The molecule has 0 bridgehead atoms. The zero-order chi connectivity index (χ0) is 14.0. The Hall–Kier alpha value is -0.760. The minimum absolute atomic E-state index is 0. The van der Waals surface area contributed by atoms with E-state index in [2.05, 4.69) is 9.97 Å². The molecule has 6 nitrogen and oxygen atoms in total. The molecule has 0 saturated carbocycles. The fourth-order valence-electron chi connectivity index (χ4n) is 2.36. The second-order valence-corrected chi connectivity index (χ2v) is 6.87. The summed E-state index contributed by atoms with van der Waals surface area (Å²) in [7, 11) is -3.59. The molecule has 0 spiro atoms. The number of nitrogens with zero attached hydrogens (tertiary/aromatic N) is 3. The number of hydrogen-bond donors (Lipinski definition) is 1. The molecule has 2 heterocycles. The van der Waals surface area contributed by atoms with Gasteiger partial charge in [0.05, 0.1) is 0 Å². The van der Waals surface area contributed by atoms with Gasteiger partial charge in [0.15, 0.2) is 0 Å². The van der Waals surface area contributed by atoms with E-state index in [-0.39, 0.29) is 23.5 Å². The molecule has 2 N–H and O–H groups in total. The van der Waals surface area contributed by atoms with Gasteiger partial charge in [-0.3, -0.25) is 0 Å². The van der Waals surface area contributed by atoms with Gasteiger partial charge in [-0.2, -0.15) is 4.31 Å². The van der Waals surface area contributed by atoms with Crippen molar-refractivity contribution in [2.45, 2.75) is 31.8 Å². The lowest BCUT2D eigenvalue weighted by Crippen LogP contribution is -2.42. The third kappa shape index (κ3) is 3.66. The highest BCUT2D eigenvalue weighted by molar-refractivity contribution is 7.88. The zero-order valence-corrected chi connectivity index (χ0v) is 13.4. The van der Waals surface area contributed by atoms with Crippen LogP contribution in [-0.4, -0.2) is 42.3 Å². The third-order valence-corrected chi connectivity index (χ3v) is 5.00. The maximum Gasteiger partial charge on any atom is 0.278 e. The second-order valence-electron chi connectivity index (χ2n) is 5.04. The minimum atomic E-state index is -3.59. The topological polar surface area (TPSA) is 89.2 Å². The van der Waals surface area contributed by atoms with Crippen molar-refractivity contribution < 1.29 is 8.42 Å². The number of rotatable bonds is 3. The quantitative estimate of drug-likeness (QED) is 0.835. The highest BCUT2D eigenvalue weighted by Crippen LogP contribution is 2.21. The van der Waals surface area contributed by atoms with Crippen molar-refractivity contribution in [3.8, 4) is 0 Å². The van der Waals surface area contributed by atoms with Crippen molar-refractivity contribution in [3.63, 3.8) is 0 Å². The molecule has 8 heteroatoms. The van der Waals surface area contributed by atoms with E-state index in [4.69, 9.17) is 5.73 Å². The monoisotopic (exact) mass is 320 g/mol. The van der Waals surface area contributed by atoms with E-state index in [0.29, 0.717) is 31.0 Å². The second kappa shape index (κ2) is 6.80. The van der Waals surface area contributed by atoms with Gasteiger partial charge in [-0.1, -0.05) is 0 Å². The van der Waals surface area contributed by atoms with E-state index in [9.17, 15) is 8.42 Å². The van der Waals surface area contributed by atoms with Gasteiger partial charge in [-0.25, -0.2) is 18.4 Å². The number of nitrogens with two attached hydrogens (primary N) is 1. The maximum absolute atomic E-state index is 12.5. The van der Waals surface area contributed by atoms with Crippen LogP contribution in [0.25, 0.3) is 0 Å². The lowest BCUT2D eigenvalue weighted by Gasteiger charge is -2.30. The van der Waals surface area contributed by atoms with Crippen LogP contribution in [0, 0.1) is 19.8 Å². The molecule has 1 atom stereocenters. The van der Waals surface area contributed by atoms with Crippen molar-refractivity contribution in [1.29, 1.82) is 0 Å². The summed E-state index contributed by atoms with van der Waals surface area (Å²) in [5.74, 6) is 0.231. The van der Waals surface area contributed by atoms with E-state index in [1.807, 2.05) is 0 Å². The number of sulfonamides is 1. The Morgan fingerprint density at radius 1 is 1.35 bits per heavy atom. The Bertz CT molecular complexity index is 544. The molecule has 0 aliphatic carbocycles. The first-order valence-electron chi connectivity index (χ1n) is 6.46. The van der Waals surface area contributed by atoms with Gasteiger partial charge < -0.3 is 5.73 Å². The average molecular weight is 321 g/mol. The zero-order valence-electron chi connectivity index (χ0n) is 11.7. The average Bonchev–Trinajstić information content (AvgIpc) is 2.37. The molecule has 2 rings (SSSR count). The van der Waals surface area contributed by atoms with E-state index in [1.54, 1.807) is 19.9 Å². The largest absolute Gasteiger partial charge is 0.330 e. The van der Waals surface area contributed by atoms with E-state index in [1.165, 1.54) is 4.31 Å². The number of piperidine rings is 1. The molecule has 1 aliphatic rings. The fourth-order valence-corrected chi connectivity index (χ4v) is 3.89. The summed E-state index contributed by atoms with van der Waals surface area (Å²) in [6.45, 7) is 5.04. The van der Waals surface area contributed by atoms with Gasteiger partial charge in [0, 0.05) is 24.5 Å². The molecule has 114 valence electrons. The fraction of sp³-hybridized carbons (Fsp3) is 0.667. The minimum Gasteiger partial charge on any atom is -0.330 e. The highest BCUT2D eigenvalue weighted by atomic mass is 35.5. The molecule has 1 unspecified atom stereocenters. The van der Waals surface area contributed by atoms with E-state index >= 15 is 0 Å². The Morgan fingerprint density at radius 3 is 2.50 bits per heavy atom. The van der Waals surface area contributed by atoms with Crippen LogP contribution >= 0.6 is 12.4 Å². The van der Waals surface area contributed by atoms with Crippen LogP contribution in [0.3, 0.4) is 0 Å². The predicted molar refractivity (Wildman–Crippen MR) is 79.3 cm³/mol. The van der Waals surface area contributed by atoms with Crippen LogP contribution in [0.5, 0.6) is 0 Å². The molecule has 1 aliphatic heterocycles. The molecular weight excluding hydrogens is 300 g/mol. The van der Waals surface area contributed by atoms with Crippen molar-refractivity contribution in [2.75, 3.05) is 19.6 Å². The summed E-state index contributed by atoms with van der Waals surface area (Å²) in [4.78, 5) is 8.12. The molecule has 0 aromatic carbocycles. The van der Waals surface area contributed by atoms with Crippen LogP contribution in [-0.2, 0) is 10.0 Å². The number of halogens is 1. The number of aryl methyl sites for hydroxylation is 2. The van der Waals surface area contributed by atoms with Crippen LogP contribution in [0.4, 0.5) is 0 Å². The van der Waals surface area contributed by atoms with Gasteiger partial charge in [0.25, 0.3) is 15.2 Å². The summed E-state index contributed by atoms with van der Waals surface area (Å²) < 4.78 is 26.5. The van der Waals surface area contributed by atoms with Crippen molar-refractivity contribution in [2.24, 2.45) is 11.7 Å². The van der Waals surface area contributed by atoms with Crippen molar-refractivity contribution >= 4 is 22.4 Å². The standard InChI is InChI=1S/C12H20N4O2S.ClH/c1-9-6-10(2)15-12(14-9)19(17,18)16-5-3-4-11(7-13)8-16;/h6,11H,3-5,7-8,13H2,1-2H3;1H. The molecule has 0 radical (unpaired) electrons. The Labute approximate surface area is 126 Å². The first kappa shape index (κ1) is 17.3. The smallest absolute Gasteiger partial charge is 0.278 e. The lowest BCUT2D eigenvalue weighted by atomic mass is 10.0. The first-order valence-corrected chi connectivity index (χ1v) is 7.90. The summed E-state index contributed by atoms with van der Waals surface area (Å²) >= 11 is 0. The molecule has 1 fully saturated rings. The predicted octanol–water partition coefficient (Wildman–Crippen LogP) is 0.875. The van der Waals surface area contributed by atoms with E-state index < -0.39 is 10.0 Å². The van der Waals surface area contributed by atoms with Gasteiger partial charge in [0.1, 0.15) is 0 Å². The van der Waals surface area contributed by atoms with Crippen molar-refractivity contribution in [3.05, 3.63) is 17.5 Å². The van der Waals surface area contributed by atoms with Gasteiger partial charge in [-0.05, 0) is 45.2 Å². The van der Waals surface area contributed by atoms with Crippen molar-refractivity contribution in [1.82, 2.24) is 14.3 Å². The first-order chi connectivity index (χ1) is 8.93. The van der Waals surface area contributed by atoms with Gasteiger partial charge in [-0.15, -0.1) is 12.4 Å². The maximum atomic E-state index is 12.5. The summed E-state index contributed by atoms with van der Waals surface area (Å²) in [6.07, 6.45) is 1.82. The normalized spacial score (nSPS) is 20.4. The molecule has 0 amide bonds. The summed E-state index contributed by atoms with van der Waals surface area (Å²) in [5, 5.41) is -0.0947. The summed E-state index contributed by atoms with van der Waals surface area (Å²) in [5.41, 5.74) is 6.97. The van der Waals surface area contributed by atoms with E-state index in [0.717, 1.165) is 12.8 Å². The molecule has 20 heavy (non-hydrogen) atoms. The van der Waals surface area contributed by atoms with Crippen LogP contribution < -0.4 is 5.73 Å². The number of hydrogen-bond acceptors (Lipinski definition) is 5.